The fourth-order valence-corrected chi connectivity index (χ4v) is 6.00. The highest BCUT2D eigenvalue weighted by molar-refractivity contribution is 7.89. The van der Waals surface area contributed by atoms with Crippen molar-refractivity contribution >= 4 is 44.9 Å². The molecular formula is C26H29N7O6S. The molecule has 2 aromatic rings. The maximum absolute atomic E-state index is 13.0. The number of aliphatic hydroxyl groups is 1. The number of fused-ring (bicyclic) bond motifs is 3. The summed E-state index contributed by atoms with van der Waals surface area (Å²) in [6.45, 7) is 0.350. The van der Waals surface area contributed by atoms with Crippen molar-refractivity contribution in [2.45, 2.75) is 43.7 Å². The zero-order valence-electron chi connectivity index (χ0n) is 22.0. The Kier molecular flexibility index (Phi) is 6.32. The molecule has 1 atom stereocenters. The number of likely N-dealkylation sites (N-methyl/N-ethyl adjacent to an activating group) is 1. The van der Waals surface area contributed by atoms with E-state index in [9.17, 15) is 27.9 Å². The second kappa shape index (κ2) is 9.61. The quantitative estimate of drug-likeness (QED) is 0.439. The van der Waals surface area contributed by atoms with Gasteiger partial charge in [-0.3, -0.25) is 19.3 Å². The minimum absolute atomic E-state index is 0.00179. The first-order chi connectivity index (χ1) is 19.0. The molecule has 2 aliphatic heterocycles. The van der Waals surface area contributed by atoms with E-state index >= 15 is 0 Å². The van der Waals surface area contributed by atoms with Crippen molar-refractivity contribution in [2.24, 2.45) is 11.8 Å². The van der Waals surface area contributed by atoms with Crippen LogP contribution in [0.15, 0.2) is 23.4 Å². The van der Waals surface area contributed by atoms with Gasteiger partial charge < -0.3 is 25.2 Å². The van der Waals surface area contributed by atoms with Gasteiger partial charge in [-0.25, -0.2) is 8.42 Å². The largest absolute Gasteiger partial charge is 0.356 e. The fraction of sp³-hybridized carbons (Fsp3) is 0.462. The van der Waals surface area contributed by atoms with Crippen molar-refractivity contribution < 1.29 is 27.9 Å². The number of imidazole rings is 1. The lowest BCUT2D eigenvalue weighted by Gasteiger charge is -2.37. The van der Waals surface area contributed by atoms with Gasteiger partial charge in [0, 0.05) is 56.0 Å². The molecule has 210 valence electrons. The van der Waals surface area contributed by atoms with Crippen molar-refractivity contribution in [3.63, 3.8) is 0 Å². The maximum atomic E-state index is 13.0. The fourth-order valence-electron chi connectivity index (χ4n) is 4.73. The van der Waals surface area contributed by atoms with E-state index in [0.29, 0.717) is 16.9 Å². The third-order valence-electron chi connectivity index (χ3n) is 7.46. The Morgan fingerprint density at radius 3 is 2.20 bits per heavy atom. The number of anilines is 3. The van der Waals surface area contributed by atoms with Crippen molar-refractivity contribution in [3.8, 4) is 11.8 Å². The van der Waals surface area contributed by atoms with E-state index in [1.807, 2.05) is 0 Å². The van der Waals surface area contributed by atoms with Gasteiger partial charge in [-0.1, -0.05) is 11.8 Å². The smallest absolute Gasteiger partial charge is 0.277 e. The monoisotopic (exact) mass is 567 g/mol. The topological polar surface area (TPSA) is 157 Å². The lowest BCUT2D eigenvalue weighted by Crippen LogP contribution is -2.54. The maximum Gasteiger partial charge on any atom is 0.277 e. The van der Waals surface area contributed by atoms with Crippen LogP contribution < -0.4 is 15.5 Å². The number of hydrogen-bond acceptors (Lipinski definition) is 8. The Morgan fingerprint density at radius 2 is 1.62 bits per heavy atom. The van der Waals surface area contributed by atoms with Gasteiger partial charge in [-0.2, -0.15) is 9.29 Å². The summed E-state index contributed by atoms with van der Waals surface area (Å²) in [5.41, 5.74) is 1.62. The molecule has 40 heavy (non-hydrogen) atoms. The van der Waals surface area contributed by atoms with Crippen LogP contribution in [-0.4, -0.2) is 83.5 Å². The molecule has 3 amide bonds. The summed E-state index contributed by atoms with van der Waals surface area (Å²) in [6.07, 6.45) is 1.99. The predicted molar refractivity (Wildman–Crippen MR) is 144 cm³/mol. The number of benzene rings is 1. The number of nitrogens with zero attached hydrogens (tertiary/aromatic N) is 5. The number of amides is 3. The third-order valence-corrected chi connectivity index (χ3v) is 9.24. The van der Waals surface area contributed by atoms with Crippen LogP contribution in [0.5, 0.6) is 0 Å². The van der Waals surface area contributed by atoms with Gasteiger partial charge >= 0.3 is 0 Å². The summed E-state index contributed by atoms with van der Waals surface area (Å²) < 4.78 is 28.3. The van der Waals surface area contributed by atoms with Gasteiger partial charge in [0.2, 0.25) is 23.3 Å². The highest BCUT2D eigenvalue weighted by Crippen LogP contribution is 2.34. The molecule has 0 spiro atoms. The van der Waals surface area contributed by atoms with E-state index in [1.165, 1.54) is 27.9 Å². The summed E-state index contributed by atoms with van der Waals surface area (Å²) in [6, 6.07) is 5.09. The van der Waals surface area contributed by atoms with Gasteiger partial charge in [0.1, 0.15) is 0 Å². The second-order valence-corrected chi connectivity index (χ2v) is 12.5. The van der Waals surface area contributed by atoms with E-state index in [0.717, 1.165) is 30.6 Å². The molecule has 3 N–H and O–H groups in total. The molecule has 1 aromatic heterocycles. The molecule has 1 aromatic carbocycles. The Labute approximate surface area is 231 Å². The number of nitrogens with one attached hydrogen (secondary N) is 2. The first-order valence-corrected chi connectivity index (χ1v) is 14.5. The van der Waals surface area contributed by atoms with E-state index < -0.39 is 22.3 Å². The second-order valence-electron chi connectivity index (χ2n) is 10.6. The standard InChI is InChI=1S/C26H29N7O6S/c1-30-10-11-32-20-21(29-25(32)40(30,38)39)33(26(37)31(2)24(20)36)9-3-4-15-12-18(27-22(34)16-5-6-16)14-19(13-15)28-23(35)17-7-8-17/h12-14,16-17,26,37H,5-11H2,1-2H3,(H,27,34)(H,28,35). The van der Waals surface area contributed by atoms with Crippen LogP contribution in [0.25, 0.3) is 0 Å². The number of aliphatic hydroxyl groups excluding tert-OH is 1. The Bertz CT molecular complexity index is 1550. The van der Waals surface area contributed by atoms with Gasteiger partial charge in [-0.05, 0) is 43.9 Å². The zero-order chi connectivity index (χ0) is 28.3. The molecule has 14 heteroatoms. The molecule has 0 radical (unpaired) electrons. The number of carbonyl (C=O) groups is 3. The first kappa shape index (κ1) is 26.3. The van der Waals surface area contributed by atoms with Crippen molar-refractivity contribution in [1.82, 2.24) is 18.8 Å². The lowest BCUT2D eigenvalue weighted by molar-refractivity contribution is -0.118. The predicted octanol–water partition coefficient (Wildman–Crippen LogP) is 0.434. The van der Waals surface area contributed by atoms with Crippen molar-refractivity contribution in [2.75, 3.05) is 42.7 Å². The van der Waals surface area contributed by atoms with E-state index in [-0.39, 0.29) is 60.0 Å². The molecular weight excluding hydrogens is 538 g/mol. The summed E-state index contributed by atoms with van der Waals surface area (Å²) in [4.78, 5) is 44.5. The molecule has 1 unspecified atom stereocenters. The van der Waals surface area contributed by atoms with Crippen LogP contribution in [0, 0.1) is 23.7 Å². The normalized spacial score (nSPS) is 21.7. The summed E-state index contributed by atoms with van der Waals surface area (Å²) in [7, 11) is -1.03. The van der Waals surface area contributed by atoms with Crippen LogP contribution in [0.4, 0.5) is 17.2 Å². The molecule has 2 aliphatic carbocycles. The Balaban J connectivity index is 1.30. The molecule has 4 aliphatic rings. The van der Waals surface area contributed by atoms with Crippen molar-refractivity contribution in [1.29, 1.82) is 0 Å². The van der Waals surface area contributed by atoms with Crippen molar-refractivity contribution in [3.05, 3.63) is 29.5 Å². The first-order valence-electron chi connectivity index (χ1n) is 13.1. The van der Waals surface area contributed by atoms with Gasteiger partial charge in [-0.15, -0.1) is 0 Å². The van der Waals surface area contributed by atoms with E-state index in [4.69, 9.17) is 0 Å². The molecule has 0 bridgehead atoms. The molecule has 3 heterocycles. The van der Waals surface area contributed by atoms with Crippen LogP contribution >= 0.6 is 0 Å². The van der Waals surface area contributed by atoms with Crippen LogP contribution in [0.1, 0.15) is 41.7 Å². The van der Waals surface area contributed by atoms with Gasteiger partial charge in [0.05, 0.1) is 6.54 Å². The Hall–Kier alpha value is -3.93. The minimum atomic E-state index is -3.89. The molecule has 6 rings (SSSR count). The van der Waals surface area contributed by atoms with Gasteiger partial charge in [0.15, 0.2) is 11.5 Å². The summed E-state index contributed by atoms with van der Waals surface area (Å²) in [5.74, 6) is 5.31. The Morgan fingerprint density at radius 1 is 1.02 bits per heavy atom. The molecule has 0 saturated heterocycles. The molecule has 2 saturated carbocycles. The van der Waals surface area contributed by atoms with Gasteiger partial charge in [0.25, 0.3) is 15.9 Å². The lowest BCUT2D eigenvalue weighted by atomic mass is 10.1. The highest BCUT2D eigenvalue weighted by atomic mass is 32.2. The van der Waals surface area contributed by atoms with Crippen LogP contribution in [-0.2, 0) is 26.2 Å². The SMILES string of the molecule is CN1C(=O)c2c(nc3n2CCN(C)S3(=O)=O)N(CC#Cc2cc(NC(=O)C3CC3)cc(NC(=O)C3CC3)c2)C1O. The minimum Gasteiger partial charge on any atom is -0.356 e. The molecule has 2 fully saturated rings. The average Bonchev–Trinajstić information content (AvgIpc) is 3.83. The number of rotatable bonds is 5. The average molecular weight is 568 g/mol. The zero-order valence-corrected chi connectivity index (χ0v) is 22.9. The van der Waals surface area contributed by atoms with E-state index in [1.54, 1.807) is 18.2 Å². The summed E-state index contributed by atoms with van der Waals surface area (Å²) in [5, 5.41) is 16.4. The third kappa shape index (κ3) is 4.70. The van der Waals surface area contributed by atoms with Crippen LogP contribution in [0.2, 0.25) is 0 Å². The highest BCUT2D eigenvalue weighted by Gasteiger charge is 2.43. The van der Waals surface area contributed by atoms with E-state index in [2.05, 4.69) is 27.5 Å². The number of hydrogen-bond donors (Lipinski definition) is 3. The number of carbonyl (C=O) groups excluding carboxylic acids is 3. The number of aromatic nitrogens is 2. The number of sulfonamides is 1. The summed E-state index contributed by atoms with van der Waals surface area (Å²) >= 11 is 0. The van der Waals surface area contributed by atoms with Crippen LogP contribution in [0.3, 0.4) is 0 Å². The molecule has 13 nitrogen and oxygen atoms in total.